The van der Waals surface area contributed by atoms with E-state index >= 15 is 0 Å². The Morgan fingerprint density at radius 1 is 1.24 bits per heavy atom. The van der Waals surface area contributed by atoms with Crippen LogP contribution in [0.1, 0.15) is 26.3 Å². The van der Waals surface area contributed by atoms with Crippen molar-refractivity contribution in [1.29, 1.82) is 0 Å². The summed E-state index contributed by atoms with van der Waals surface area (Å²) in [6, 6.07) is 7.72. The van der Waals surface area contributed by atoms with Gasteiger partial charge in [-0.3, -0.25) is 4.79 Å². The molecule has 0 heterocycles. The van der Waals surface area contributed by atoms with Crippen LogP contribution in [0.2, 0.25) is 0 Å². The quantitative estimate of drug-likeness (QED) is 0.819. The largest absolute Gasteiger partial charge is 0.345 e. The highest BCUT2D eigenvalue weighted by Crippen LogP contribution is 2.15. The van der Waals surface area contributed by atoms with Crippen LogP contribution in [-0.2, 0) is 11.2 Å². The van der Waals surface area contributed by atoms with Gasteiger partial charge in [0.05, 0.1) is 6.42 Å². The molecule has 0 spiro atoms. The lowest BCUT2D eigenvalue weighted by molar-refractivity contribution is -0.130. The number of likely N-dealkylation sites (N-methyl/N-ethyl adjacent to an activating group) is 1. The maximum absolute atomic E-state index is 12.0. The maximum atomic E-state index is 12.0. The van der Waals surface area contributed by atoms with Gasteiger partial charge in [-0.1, -0.05) is 32.9 Å². The highest BCUT2D eigenvalue weighted by Gasteiger charge is 2.17. The van der Waals surface area contributed by atoms with Crippen molar-refractivity contribution < 1.29 is 4.79 Å². The molecule has 0 aliphatic rings. The van der Waals surface area contributed by atoms with E-state index < -0.39 is 0 Å². The van der Waals surface area contributed by atoms with E-state index in [9.17, 15) is 4.79 Å². The summed E-state index contributed by atoms with van der Waals surface area (Å²) in [5, 5.41) is 0. The summed E-state index contributed by atoms with van der Waals surface area (Å²) in [5.41, 5.74) is 1.17. The molecule has 0 aliphatic heterocycles. The van der Waals surface area contributed by atoms with Gasteiger partial charge in [-0.15, -0.1) is 12.6 Å². The van der Waals surface area contributed by atoms with E-state index in [1.165, 1.54) is 0 Å². The summed E-state index contributed by atoms with van der Waals surface area (Å²) < 4.78 is 0. The first-order valence-corrected chi connectivity index (χ1v) is 6.24. The molecule has 0 saturated heterocycles. The molecule has 1 rings (SSSR count). The lowest BCUT2D eigenvalue weighted by Crippen LogP contribution is -2.35. The molecule has 1 aromatic rings. The Morgan fingerprint density at radius 3 is 2.24 bits per heavy atom. The van der Waals surface area contributed by atoms with Crippen LogP contribution in [-0.4, -0.2) is 24.4 Å². The molecule has 2 nitrogen and oxygen atoms in total. The number of rotatable bonds is 3. The van der Waals surface area contributed by atoms with Crippen molar-refractivity contribution in [2.75, 3.05) is 13.6 Å². The van der Waals surface area contributed by atoms with Gasteiger partial charge in [0.1, 0.15) is 0 Å². The average molecular weight is 251 g/mol. The number of hydrogen-bond acceptors (Lipinski definition) is 2. The topological polar surface area (TPSA) is 20.3 Å². The number of thiol groups is 1. The zero-order valence-electron chi connectivity index (χ0n) is 11.0. The summed E-state index contributed by atoms with van der Waals surface area (Å²) >= 11 is 4.22. The fourth-order valence-corrected chi connectivity index (χ4v) is 1.87. The van der Waals surface area contributed by atoms with E-state index in [-0.39, 0.29) is 11.3 Å². The van der Waals surface area contributed by atoms with E-state index in [1.807, 2.05) is 31.3 Å². The molecular formula is C14H21NOS. The fraction of sp³-hybridized carbons (Fsp3) is 0.500. The molecule has 0 fully saturated rings. The first-order valence-electron chi connectivity index (χ1n) is 5.80. The zero-order valence-corrected chi connectivity index (χ0v) is 11.9. The molecule has 0 N–H and O–H groups in total. The van der Waals surface area contributed by atoms with Crippen LogP contribution in [0.4, 0.5) is 0 Å². The molecule has 0 aliphatic carbocycles. The van der Waals surface area contributed by atoms with E-state index in [4.69, 9.17) is 0 Å². The van der Waals surface area contributed by atoms with Crippen molar-refractivity contribution in [3.8, 4) is 0 Å². The molecule has 0 radical (unpaired) electrons. The Kier molecular flexibility index (Phi) is 4.63. The highest BCUT2D eigenvalue weighted by atomic mass is 32.1. The van der Waals surface area contributed by atoms with Gasteiger partial charge < -0.3 is 4.90 Å². The first kappa shape index (κ1) is 14.1. The van der Waals surface area contributed by atoms with E-state index in [1.54, 1.807) is 4.90 Å². The number of carbonyl (C=O) groups is 1. The van der Waals surface area contributed by atoms with Crippen LogP contribution in [0.5, 0.6) is 0 Å². The summed E-state index contributed by atoms with van der Waals surface area (Å²) in [6.07, 6.45) is 0.459. The molecule has 0 atom stereocenters. The van der Waals surface area contributed by atoms with E-state index in [2.05, 4.69) is 33.4 Å². The van der Waals surface area contributed by atoms with Crippen LogP contribution < -0.4 is 0 Å². The lowest BCUT2D eigenvalue weighted by atomic mass is 9.96. The van der Waals surface area contributed by atoms with Crippen LogP contribution in [0.3, 0.4) is 0 Å². The predicted molar refractivity (Wildman–Crippen MR) is 74.5 cm³/mol. The second kappa shape index (κ2) is 5.58. The van der Waals surface area contributed by atoms with Crippen LogP contribution >= 0.6 is 12.6 Å². The Hall–Kier alpha value is -0.960. The molecule has 1 aromatic carbocycles. The standard InChI is InChI=1S/C14H21NOS/c1-14(2,3)10-15(4)13(16)9-11-5-7-12(17)8-6-11/h5-8,17H,9-10H2,1-4H3. The average Bonchev–Trinajstić information content (AvgIpc) is 2.19. The van der Waals surface area contributed by atoms with Gasteiger partial charge >= 0.3 is 0 Å². The number of benzene rings is 1. The lowest BCUT2D eigenvalue weighted by Gasteiger charge is -2.26. The summed E-state index contributed by atoms with van der Waals surface area (Å²) in [5.74, 6) is 0.159. The summed E-state index contributed by atoms with van der Waals surface area (Å²) in [4.78, 5) is 14.7. The third-order valence-corrected chi connectivity index (χ3v) is 2.73. The number of nitrogens with zero attached hydrogens (tertiary/aromatic N) is 1. The minimum Gasteiger partial charge on any atom is -0.345 e. The maximum Gasteiger partial charge on any atom is 0.226 e. The van der Waals surface area contributed by atoms with Gasteiger partial charge in [-0.2, -0.15) is 0 Å². The minimum atomic E-state index is 0.138. The third-order valence-electron chi connectivity index (χ3n) is 2.43. The number of amides is 1. The van der Waals surface area contributed by atoms with Crippen molar-refractivity contribution in [3.05, 3.63) is 29.8 Å². The Labute approximate surface area is 109 Å². The Morgan fingerprint density at radius 2 is 1.76 bits per heavy atom. The van der Waals surface area contributed by atoms with Crippen molar-refractivity contribution in [2.45, 2.75) is 32.1 Å². The van der Waals surface area contributed by atoms with Gasteiger partial charge in [0.15, 0.2) is 0 Å². The van der Waals surface area contributed by atoms with E-state index in [0.717, 1.165) is 17.0 Å². The molecule has 94 valence electrons. The molecule has 3 heteroatoms. The molecule has 17 heavy (non-hydrogen) atoms. The van der Waals surface area contributed by atoms with Gasteiger partial charge in [0, 0.05) is 18.5 Å². The Bertz CT molecular complexity index is 378. The van der Waals surface area contributed by atoms with Crippen LogP contribution in [0.25, 0.3) is 0 Å². The SMILES string of the molecule is CN(CC(C)(C)C)C(=O)Cc1ccc(S)cc1. The first-order chi connectivity index (χ1) is 7.78. The third kappa shape index (κ3) is 5.26. The normalized spacial score (nSPS) is 11.4. The predicted octanol–water partition coefficient (Wildman–Crippen LogP) is 3.02. The van der Waals surface area contributed by atoms with Crippen molar-refractivity contribution >= 4 is 18.5 Å². The zero-order chi connectivity index (χ0) is 13.1. The smallest absolute Gasteiger partial charge is 0.226 e. The van der Waals surface area contributed by atoms with Gasteiger partial charge in [0.2, 0.25) is 5.91 Å². The monoisotopic (exact) mass is 251 g/mol. The molecule has 0 saturated carbocycles. The fourth-order valence-electron chi connectivity index (χ4n) is 1.72. The van der Waals surface area contributed by atoms with Gasteiger partial charge in [-0.25, -0.2) is 0 Å². The molecular weight excluding hydrogens is 230 g/mol. The number of carbonyl (C=O) groups excluding carboxylic acids is 1. The van der Waals surface area contributed by atoms with Crippen LogP contribution in [0, 0.1) is 5.41 Å². The van der Waals surface area contributed by atoms with Crippen molar-refractivity contribution in [1.82, 2.24) is 4.90 Å². The van der Waals surface area contributed by atoms with Gasteiger partial charge in [0.25, 0.3) is 0 Å². The molecule has 0 bridgehead atoms. The second-order valence-electron chi connectivity index (χ2n) is 5.65. The second-order valence-corrected chi connectivity index (χ2v) is 6.17. The minimum absolute atomic E-state index is 0.138. The van der Waals surface area contributed by atoms with E-state index in [0.29, 0.717) is 6.42 Å². The molecule has 0 aromatic heterocycles. The van der Waals surface area contributed by atoms with Crippen molar-refractivity contribution in [2.24, 2.45) is 5.41 Å². The molecule has 0 unspecified atom stereocenters. The highest BCUT2D eigenvalue weighted by molar-refractivity contribution is 7.80. The van der Waals surface area contributed by atoms with Gasteiger partial charge in [-0.05, 0) is 23.1 Å². The van der Waals surface area contributed by atoms with Crippen molar-refractivity contribution in [3.63, 3.8) is 0 Å². The summed E-state index contributed by atoms with van der Waals surface area (Å²) in [6.45, 7) is 7.17. The molecule has 1 amide bonds. The Balaban J connectivity index is 2.57. The van der Waals surface area contributed by atoms with Crippen LogP contribution in [0.15, 0.2) is 29.2 Å². The summed E-state index contributed by atoms with van der Waals surface area (Å²) in [7, 11) is 1.86. The number of hydrogen-bond donors (Lipinski definition) is 1.